The van der Waals surface area contributed by atoms with Crippen LogP contribution in [0.5, 0.6) is 5.75 Å². The number of benzene rings is 2. The number of methoxy groups -OCH3 is 1. The van der Waals surface area contributed by atoms with Gasteiger partial charge in [0.15, 0.2) is 0 Å². The number of para-hydroxylation sites is 1. The van der Waals surface area contributed by atoms with Gasteiger partial charge in [-0.2, -0.15) is 0 Å². The Morgan fingerprint density at radius 2 is 2.00 bits per heavy atom. The second-order valence-corrected chi connectivity index (χ2v) is 4.52. The van der Waals surface area contributed by atoms with Crippen LogP contribution in [-0.4, -0.2) is 12.0 Å². The highest BCUT2D eigenvalue weighted by atomic mass is 16.6. The molecular weight excluding hydrogens is 272 g/mol. The number of nitrogen functional groups attached to an aromatic ring is 1. The molecule has 1 heterocycles. The maximum absolute atomic E-state index is 11.1. The molecule has 0 radical (unpaired) electrons. The van der Waals surface area contributed by atoms with Gasteiger partial charge in [-0.3, -0.25) is 10.1 Å². The second-order valence-electron chi connectivity index (χ2n) is 4.52. The fraction of sp³-hybridized carbons (Fsp3) is 0.0667. The molecule has 0 aliphatic heterocycles. The third-order valence-electron chi connectivity index (χ3n) is 3.21. The number of nitrogens with two attached hydrogens (primary N) is 1. The lowest BCUT2D eigenvalue weighted by molar-refractivity contribution is -0.383. The molecule has 0 amide bonds. The quantitative estimate of drug-likeness (QED) is 0.450. The molecule has 6 heteroatoms. The number of nitro groups is 1. The number of nitro benzene ring substituents is 1. The number of rotatable bonds is 3. The van der Waals surface area contributed by atoms with E-state index in [1.54, 1.807) is 25.3 Å². The summed E-state index contributed by atoms with van der Waals surface area (Å²) < 4.78 is 11.0. The summed E-state index contributed by atoms with van der Waals surface area (Å²) in [6.07, 6.45) is 0. The lowest BCUT2D eigenvalue weighted by Crippen LogP contribution is -1.91. The predicted molar refractivity (Wildman–Crippen MR) is 79.3 cm³/mol. The van der Waals surface area contributed by atoms with Crippen molar-refractivity contribution in [2.75, 3.05) is 12.8 Å². The number of non-ortho nitro benzene ring substituents is 1. The van der Waals surface area contributed by atoms with Crippen LogP contribution in [0.15, 0.2) is 46.9 Å². The highest BCUT2D eigenvalue weighted by Gasteiger charge is 2.19. The van der Waals surface area contributed by atoms with E-state index < -0.39 is 4.92 Å². The van der Waals surface area contributed by atoms with E-state index in [1.807, 2.05) is 18.2 Å². The van der Waals surface area contributed by atoms with Crippen LogP contribution in [0.1, 0.15) is 0 Å². The molecule has 6 nitrogen and oxygen atoms in total. The summed E-state index contributed by atoms with van der Waals surface area (Å²) in [5.41, 5.74) is 6.99. The predicted octanol–water partition coefficient (Wildman–Crippen LogP) is 3.60. The summed E-state index contributed by atoms with van der Waals surface area (Å²) in [4.78, 5) is 10.6. The maximum atomic E-state index is 11.1. The van der Waals surface area contributed by atoms with Crippen LogP contribution in [0, 0.1) is 10.1 Å². The zero-order valence-corrected chi connectivity index (χ0v) is 11.2. The zero-order chi connectivity index (χ0) is 15.0. The Morgan fingerprint density at radius 1 is 1.24 bits per heavy atom. The van der Waals surface area contributed by atoms with Gasteiger partial charge in [0.2, 0.25) is 0 Å². The normalized spacial score (nSPS) is 10.7. The first-order valence-corrected chi connectivity index (χ1v) is 6.21. The molecule has 0 atom stereocenters. The summed E-state index contributed by atoms with van der Waals surface area (Å²) in [5.74, 6) is 1.13. The fourth-order valence-corrected chi connectivity index (χ4v) is 2.27. The SMILES string of the molecule is COc1ccccc1-c1cc2c([N+](=O)[O-])cc(N)cc2o1. The Morgan fingerprint density at radius 3 is 2.71 bits per heavy atom. The molecule has 106 valence electrons. The summed E-state index contributed by atoms with van der Waals surface area (Å²) in [6.45, 7) is 0. The molecule has 0 fully saturated rings. The Hall–Kier alpha value is -3.02. The van der Waals surface area contributed by atoms with Gasteiger partial charge in [0.05, 0.1) is 23.0 Å². The van der Waals surface area contributed by atoms with E-state index in [9.17, 15) is 10.1 Å². The number of furan rings is 1. The Kier molecular flexibility index (Phi) is 2.98. The average Bonchev–Trinajstić information content (AvgIpc) is 2.89. The summed E-state index contributed by atoms with van der Waals surface area (Å²) in [5, 5.41) is 11.5. The number of nitrogens with zero attached hydrogens (tertiary/aromatic N) is 1. The molecule has 0 aliphatic rings. The average molecular weight is 284 g/mol. The minimum absolute atomic E-state index is 0.0742. The van der Waals surface area contributed by atoms with Crippen LogP contribution in [0.4, 0.5) is 11.4 Å². The fourth-order valence-electron chi connectivity index (χ4n) is 2.27. The van der Waals surface area contributed by atoms with Crippen molar-refractivity contribution < 1.29 is 14.1 Å². The van der Waals surface area contributed by atoms with Crippen LogP contribution >= 0.6 is 0 Å². The molecule has 0 saturated heterocycles. The van der Waals surface area contributed by atoms with Crippen molar-refractivity contribution in [3.05, 3.63) is 52.6 Å². The first-order chi connectivity index (χ1) is 10.1. The van der Waals surface area contributed by atoms with Gasteiger partial charge < -0.3 is 14.9 Å². The van der Waals surface area contributed by atoms with E-state index in [-0.39, 0.29) is 11.4 Å². The van der Waals surface area contributed by atoms with Gasteiger partial charge in [0.1, 0.15) is 17.1 Å². The molecule has 0 bridgehead atoms. The first kappa shape index (κ1) is 13.0. The third kappa shape index (κ3) is 2.16. The Labute approximate surface area is 119 Å². The lowest BCUT2D eigenvalue weighted by Gasteiger charge is -2.04. The van der Waals surface area contributed by atoms with E-state index >= 15 is 0 Å². The van der Waals surface area contributed by atoms with Gasteiger partial charge in [-0.25, -0.2) is 0 Å². The monoisotopic (exact) mass is 284 g/mol. The molecule has 3 aromatic rings. The Balaban J connectivity index is 2.26. The summed E-state index contributed by atoms with van der Waals surface area (Å²) in [7, 11) is 1.56. The van der Waals surface area contributed by atoms with E-state index in [0.29, 0.717) is 22.5 Å². The van der Waals surface area contributed by atoms with E-state index in [1.165, 1.54) is 6.07 Å². The van der Waals surface area contributed by atoms with Crippen LogP contribution in [0.25, 0.3) is 22.3 Å². The topological polar surface area (TPSA) is 91.5 Å². The molecule has 2 aromatic carbocycles. The van der Waals surface area contributed by atoms with Crippen LogP contribution < -0.4 is 10.5 Å². The van der Waals surface area contributed by atoms with Crippen LogP contribution in [0.2, 0.25) is 0 Å². The maximum Gasteiger partial charge on any atom is 0.282 e. The molecule has 21 heavy (non-hydrogen) atoms. The van der Waals surface area contributed by atoms with Gasteiger partial charge >= 0.3 is 0 Å². The molecule has 1 aromatic heterocycles. The molecule has 0 spiro atoms. The van der Waals surface area contributed by atoms with Crippen molar-refractivity contribution in [3.63, 3.8) is 0 Å². The van der Waals surface area contributed by atoms with Gasteiger partial charge in [-0.05, 0) is 18.2 Å². The van der Waals surface area contributed by atoms with Crippen molar-refractivity contribution in [3.8, 4) is 17.1 Å². The van der Waals surface area contributed by atoms with E-state index in [2.05, 4.69) is 0 Å². The Bertz CT molecular complexity index is 839. The second kappa shape index (κ2) is 4.82. The molecule has 2 N–H and O–H groups in total. The summed E-state index contributed by atoms with van der Waals surface area (Å²) in [6, 6.07) is 11.8. The number of hydrogen-bond donors (Lipinski definition) is 1. The largest absolute Gasteiger partial charge is 0.496 e. The summed E-state index contributed by atoms with van der Waals surface area (Å²) >= 11 is 0. The molecule has 3 rings (SSSR count). The van der Waals surface area contributed by atoms with E-state index in [0.717, 1.165) is 5.56 Å². The third-order valence-corrected chi connectivity index (χ3v) is 3.21. The highest BCUT2D eigenvalue weighted by molar-refractivity contribution is 5.93. The number of anilines is 1. The van der Waals surface area contributed by atoms with Gasteiger partial charge in [0, 0.05) is 17.8 Å². The smallest absolute Gasteiger partial charge is 0.282 e. The first-order valence-electron chi connectivity index (χ1n) is 6.21. The van der Waals surface area contributed by atoms with Crippen molar-refractivity contribution in [2.24, 2.45) is 0 Å². The van der Waals surface area contributed by atoms with Crippen molar-refractivity contribution in [1.29, 1.82) is 0 Å². The molecular formula is C15H12N2O4. The molecule has 0 saturated carbocycles. The minimum Gasteiger partial charge on any atom is -0.496 e. The zero-order valence-electron chi connectivity index (χ0n) is 11.2. The lowest BCUT2D eigenvalue weighted by atomic mass is 10.1. The number of hydrogen-bond acceptors (Lipinski definition) is 5. The van der Waals surface area contributed by atoms with Crippen molar-refractivity contribution in [2.45, 2.75) is 0 Å². The van der Waals surface area contributed by atoms with Crippen LogP contribution in [-0.2, 0) is 0 Å². The van der Waals surface area contributed by atoms with Gasteiger partial charge in [0.25, 0.3) is 5.69 Å². The molecule has 0 aliphatic carbocycles. The standard InChI is InChI=1S/C15H12N2O4/c1-20-13-5-3-2-4-10(13)15-8-11-12(17(18)19)6-9(16)7-14(11)21-15/h2-8H,16H2,1H3. The highest BCUT2D eigenvalue weighted by Crippen LogP contribution is 2.38. The number of ether oxygens (including phenoxy) is 1. The minimum atomic E-state index is -0.472. The van der Waals surface area contributed by atoms with Gasteiger partial charge in [-0.15, -0.1) is 0 Å². The molecule has 0 unspecified atom stereocenters. The number of fused-ring (bicyclic) bond motifs is 1. The van der Waals surface area contributed by atoms with Crippen molar-refractivity contribution in [1.82, 2.24) is 0 Å². The van der Waals surface area contributed by atoms with Crippen molar-refractivity contribution >= 4 is 22.3 Å². The van der Waals surface area contributed by atoms with Crippen LogP contribution in [0.3, 0.4) is 0 Å². The van der Waals surface area contributed by atoms with Gasteiger partial charge in [-0.1, -0.05) is 12.1 Å². The van der Waals surface area contributed by atoms with E-state index in [4.69, 9.17) is 14.9 Å².